The number of halogens is 2. The lowest BCUT2D eigenvalue weighted by atomic mass is 10.1. The lowest BCUT2D eigenvalue weighted by molar-refractivity contribution is -0.112. The van der Waals surface area contributed by atoms with Gasteiger partial charge in [-0.25, -0.2) is 0 Å². The zero-order chi connectivity index (χ0) is 20.7. The highest BCUT2D eigenvalue weighted by Crippen LogP contribution is 2.34. The van der Waals surface area contributed by atoms with Crippen molar-refractivity contribution in [3.63, 3.8) is 0 Å². The molecular weight excluding hydrogens is 491 g/mol. The zero-order valence-corrected chi connectivity index (χ0v) is 18.7. The molecule has 0 aliphatic heterocycles. The molecule has 5 nitrogen and oxygen atoms in total. The van der Waals surface area contributed by atoms with Crippen LogP contribution in [0.1, 0.15) is 24.5 Å². The first-order chi connectivity index (χ1) is 13.4. The Balaban J connectivity index is 2.33. The van der Waals surface area contributed by atoms with Gasteiger partial charge in [0.05, 0.1) is 17.3 Å². The third kappa shape index (κ3) is 5.63. The van der Waals surface area contributed by atoms with Crippen LogP contribution in [0.3, 0.4) is 0 Å². The third-order valence-corrected chi connectivity index (χ3v) is 4.86. The van der Waals surface area contributed by atoms with E-state index < -0.39 is 5.91 Å². The predicted molar refractivity (Wildman–Crippen MR) is 120 cm³/mol. The Bertz CT molecular complexity index is 951. The fourth-order valence-corrected chi connectivity index (χ4v) is 3.35. The lowest BCUT2D eigenvalue weighted by Crippen LogP contribution is -2.14. The second-order valence-electron chi connectivity index (χ2n) is 5.97. The number of rotatable bonds is 7. The maximum Gasteiger partial charge on any atom is 0.266 e. The summed E-state index contributed by atoms with van der Waals surface area (Å²) in [5, 5.41) is 12.7. The van der Waals surface area contributed by atoms with Crippen LogP contribution in [0.15, 0.2) is 35.9 Å². The molecule has 2 aromatic rings. The van der Waals surface area contributed by atoms with E-state index in [1.54, 1.807) is 31.4 Å². The summed E-state index contributed by atoms with van der Waals surface area (Å²) in [6, 6.07) is 10.7. The molecule has 0 spiro atoms. The smallest absolute Gasteiger partial charge is 0.266 e. The molecule has 0 fully saturated rings. The van der Waals surface area contributed by atoms with E-state index in [0.717, 1.165) is 15.6 Å². The first kappa shape index (κ1) is 22.1. The molecule has 0 aromatic heterocycles. The molecule has 0 saturated heterocycles. The maximum absolute atomic E-state index is 12.6. The van der Waals surface area contributed by atoms with E-state index in [0.29, 0.717) is 34.4 Å². The average molecular weight is 511 g/mol. The first-order valence-corrected chi connectivity index (χ1v) is 10.0. The molecule has 0 aliphatic rings. The van der Waals surface area contributed by atoms with Gasteiger partial charge in [0.25, 0.3) is 5.91 Å². The molecule has 0 bridgehead atoms. The third-order valence-electron chi connectivity index (χ3n) is 3.83. The molecule has 0 heterocycles. The van der Waals surface area contributed by atoms with Gasteiger partial charge in [-0.05, 0) is 77.4 Å². The van der Waals surface area contributed by atoms with Crippen molar-refractivity contribution in [2.24, 2.45) is 0 Å². The van der Waals surface area contributed by atoms with E-state index in [9.17, 15) is 10.1 Å². The van der Waals surface area contributed by atoms with E-state index >= 15 is 0 Å². The van der Waals surface area contributed by atoms with Crippen LogP contribution in [0.4, 0.5) is 5.69 Å². The summed E-state index contributed by atoms with van der Waals surface area (Å²) < 4.78 is 12.0. The molecule has 2 rings (SSSR count). The van der Waals surface area contributed by atoms with Crippen LogP contribution < -0.4 is 14.8 Å². The molecule has 7 heteroatoms. The number of ether oxygens (including phenoxy) is 2. The topological polar surface area (TPSA) is 71.3 Å². The van der Waals surface area contributed by atoms with Crippen molar-refractivity contribution < 1.29 is 14.3 Å². The lowest BCUT2D eigenvalue weighted by Gasteiger charge is -2.13. The average Bonchev–Trinajstić information content (AvgIpc) is 2.67. The fourth-order valence-electron chi connectivity index (χ4n) is 2.40. The number of carbonyl (C=O) groups is 1. The van der Waals surface area contributed by atoms with Crippen molar-refractivity contribution in [1.82, 2.24) is 0 Å². The van der Waals surface area contributed by atoms with Crippen LogP contribution in [0.25, 0.3) is 6.08 Å². The summed E-state index contributed by atoms with van der Waals surface area (Å²) in [6.45, 7) is 4.45. The first-order valence-electron chi connectivity index (χ1n) is 8.59. The number of nitriles is 1. The Morgan fingerprint density at radius 1 is 1.36 bits per heavy atom. The molecule has 146 valence electrons. The number of benzene rings is 2. The molecule has 2 aromatic carbocycles. The largest absolute Gasteiger partial charge is 0.493 e. The molecule has 0 unspecified atom stereocenters. The van der Waals surface area contributed by atoms with Crippen LogP contribution in [-0.4, -0.2) is 19.6 Å². The number of hydrogen-bond acceptors (Lipinski definition) is 4. The van der Waals surface area contributed by atoms with Gasteiger partial charge in [0, 0.05) is 10.7 Å². The highest BCUT2D eigenvalue weighted by Gasteiger charge is 2.14. The van der Waals surface area contributed by atoms with Gasteiger partial charge in [-0.3, -0.25) is 4.79 Å². The maximum atomic E-state index is 12.6. The highest BCUT2D eigenvalue weighted by atomic mass is 127. The van der Waals surface area contributed by atoms with Gasteiger partial charge in [-0.15, -0.1) is 0 Å². The Hall–Kier alpha value is -2.24. The van der Waals surface area contributed by atoms with E-state index in [-0.39, 0.29) is 5.57 Å². The van der Waals surface area contributed by atoms with Crippen LogP contribution >= 0.6 is 34.2 Å². The number of anilines is 1. The number of methoxy groups -OCH3 is 1. The molecule has 0 radical (unpaired) electrons. The van der Waals surface area contributed by atoms with Crippen LogP contribution in [0, 0.1) is 21.8 Å². The van der Waals surface area contributed by atoms with E-state index in [1.165, 1.54) is 6.08 Å². The number of amides is 1. The van der Waals surface area contributed by atoms with Gasteiger partial charge in [0.2, 0.25) is 0 Å². The van der Waals surface area contributed by atoms with Gasteiger partial charge < -0.3 is 14.8 Å². The molecule has 0 saturated carbocycles. The predicted octanol–water partition coefficient (Wildman–Crippen LogP) is 5.60. The minimum Gasteiger partial charge on any atom is -0.493 e. The second-order valence-corrected chi connectivity index (χ2v) is 7.56. The van der Waals surface area contributed by atoms with E-state index in [2.05, 4.69) is 27.9 Å². The summed E-state index contributed by atoms with van der Waals surface area (Å²) in [5.41, 5.74) is 2.05. The second kappa shape index (κ2) is 10.3. The van der Waals surface area contributed by atoms with Crippen molar-refractivity contribution in [2.45, 2.75) is 20.3 Å². The number of carbonyl (C=O) groups excluding carboxylic acids is 1. The molecule has 1 N–H and O–H groups in total. The molecular formula is C21H20ClIN2O3. The van der Waals surface area contributed by atoms with E-state index in [4.69, 9.17) is 21.1 Å². The summed E-state index contributed by atoms with van der Waals surface area (Å²) >= 11 is 8.13. The van der Waals surface area contributed by atoms with Crippen LogP contribution in [-0.2, 0) is 4.79 Å². The molecule has 0 aliphatic carbocycles. The summed E-state index contributed by atoms with van der Waals surface area (Å²) in [4.78, 5) is 12.6. The van der Waals surface area contributed by atoms with Crippen molar-refractivity contribution in [3.05, 3.63) is 55.6 Å². The standard InChI is InChI=1S/C21H20ClIN2O3/c1-4-7-28-20-17(23)9-14(10-19(20)27-3)8-15(12-24)21(26)25-18-11-16(22)6-5-13(18)2/h5-6,8-11H,4,7H2,1-3H3,(H,25,26)/b15-8+. The zero-order valence-electron chi connectivity index (χ0n) is 15.8. The van der Waals surface area contributed by atoms with Gasteiger partial charge in [0.15, 0.2) is 11.5 Å². The SMILES string of the molecule is CCCOc1c(I)cc(/C=C(\C#N)C(=O)Nc2cc(Cl)ccc2C)cc1OC. The minimum absolute atomic E-state index is 0.0283. The van der Waals surface area contributed by atoms with Crippen LogP contribution in [0.5, 0.6) is 11.5 Å². The fraction of sp³-hybridized carbons (Fsp3) is 0.238. The Labute approximate surface area is 183 Å². The van der Waals surface area contributed by atoms with Crippen molar-refractivity contribution in [2.75, 3.05) is 19.0 Å². The summed E-state index contributed by atoms with van der Waals surface area (Å²) in [5.74, 6) is 0.697. The number of nitrogens with one attached hydrogen (secondary N) is 1. The van der Waals surface area contributed by atoms with Gasteiger partial charge in [-0.1, -0.05) is 24.6 Å². The minimum atomic E-state index is -0.506. The van der Waals surface area contributed by atoms with Gasteiger partial charge in [-0.2, -0.15) is 5.26 Å². The quantitative estimate of drug-likeness (QED) is 0.299. The van der Waals surface area contributed by atoms with Crippen molar-refractivity contribution in [1.29, 1.82) is 5.26 Å². The van der Waals surface area contributed by atoms with E-state index in [1.807, 2.05) is 26.0 Å². The molecule has 0 atom stereocenters. The molecule has 1 amide bonds. The molecule has 28 heavy (non-hydrogen) atoms. The monoisotopic (exact) mass is 510 g/mol. The Morgan fingerprint density at radius 2 is 2.11 bits per heavy atom. The Morgan fingerprint density at radius 3 is 2.75 bits per heavy atom. The Kier molecular flexibility index (Phi) is 8.15. The summed E-state index contributed by atoms with van der Waals surface area (Å²) in [7, 11) is 1.55. The van der Waals surface area contributed by atoms with Crippen molar-refractivity contribution in [3.8, 4) is 17.6 Å². The van der Waals surface area contributed by atoms with Gasteiger partial charge >= 0.3 is 0 Å². The summed E-state index contributed by atoms with van der Waals surface area (Å²) in [6.07, 6.45) is 2.39. The number of aryl methyl sites for hydroxylation is 1. The number of nitrogens with zero attached hydrogens (tertiary/aromatic N) is 1. The van der Waals surface area contributed by atoms with Gasteiger partial charge in [0.1, 0.15) is 11.6 Å². The normalized spacial score (nSPS) is 10.9. The van der Waals surface area contributed by atoms with Crippen LogP contribution in [0.2, 0.25) is 5.02 Å². The highest BCUT2D eigenvalue weighted by molar-refractivity contribution is 14.1. The van der Waals surface area contributed by atoms with Crippen molar-refractivity contribution >= 4 is 51.9 Å². The number of hydrogen-bond donors (Lipinski definition) is 1.